The topological polar surface area (TPSA) is 62.0 Å². The zero-order valence-corrected chi connectivity index (χ0v) is 12.2. The number of nitrogens with one attached hydrogen (secondary N) is 2. The summed E-state index contributed by atoms with van der Waals surface area (Å²) in [5, 5.41) is 2.61. The summed E-state index contributed by atoms with van der Waals surface area (Å²) >= 11 is 5.62. The SMILES string of the molecule is O=C(Nc1ccc(F)c(Cl)c1)C(=O)c1c[nH]c2cc(F)ccc12. The first-order chi connectivity index (χ1) is 11.0. The van der Waals surface area contributed by atoms with E-state index in [1.807, 2.05) is 0 Å². The molecule has 0 aliphatic carbocycles. The number of amides is 1. The van der Waals surface area contributed by atoms with Gasteiger partial charge in [0.1, 0.15) is 11.6 Å². The van der Waals surface area contributed by atoms with Crippen LogP contribution in [0, 0.1) is 11.6 Å². The number of ketones is 1. The molecule has 1 heterocycles. The number of halogens is 3. The van der Waals surface area contributed by atoms with Crippen LogP contribution >= 0.6 is 11.6 Å². The second-order valence-corrected chi connectivity index (χ2v) is 5.21. The minimum absolute atomic E-state index is 0.116. The van der Waals surface area contributed by atoms with Gasteiger partial charge in [-0.3, -0.25) is 9.59 Å². The Morgan fingerprint density at radius 1 is 1.09 bits per heavy atom. The largest absolute Gasteiger partial charge is 0.360 e. The Hall–Kier alpha value is -2.73. The van der Waals surface area contributed by atoms with E-state index in [2.05, 4.69) is 10.3 Å². The molecule has 1 amide bonds. The smallest absolute Gasteiger partial charge is 0.296 e. The van der Waals surface area contributed by atoms with Gasteiger partial charge in [-0.2, -0.15) is 0 Å². The molecule has 1 aromatic heterocycles. The standard InChI is InChI=1S/C16H9ClF2N2O2/c17-12-6-9(2-4-13(12)19)21-16(23)15(22)11-7-20-14-5-8(18)1-3-10(11)14/h1-7,20H,(H,21,23). The van der Waals surface area contributed by atoms with Crippen LogP contribution in [-0.2, 0) is 4.79 Å². The molecule has 0 saturated carbocycles. The molecule has 3 aromatic rings. The average Bonchev–Trinajstić information content (AvgIpc) is 2.93. The van der Waals surface area contributed by atoms with Gasteiger partial charge in [0.15, 0.2) is 0 Å². The third kappa shape index (κ3) is 2.93. The minimum Gasteiger partial charge on any atom is -0.360 e. The van der Waals surface area contributed by atoms with Crippen LogP contribution in [0.15, 0.2) is 42.6 Å². The first-order valence-corrected chi connectivity index (χ1v) is 6.91. The zero-order chi connectivity index (χ0) is 16.6. The summed E-state index contributed by atoms with van der Waals surface area (Å²) < 4.78 is 26.2. The molecule has 2 aromatic carbocycles. The quantitative estimate of drug-likeness (QED) is 0.563. The predicted molar refractivity (Wildman–Crippen MR) is 82.6 cm³/mol. The lowest BCUT2D eigenvalue weighted by atomic mass is 10.1. The summed E-state index contributed by atoms with van der Waals surface area (Å²) in [6, 6.07) is 7.41. The number of fused-ring (bicyclic) bond motifs is 1. The predicted octanol–water partition coefficient (Wildman–Crippen LogP) is 3.92. The Kier molecular flexibility index (Phi) is 3.83. The van der Waals surface area contributed by atoms with Gasteiger partial charge in [0, 0.05) is 22.8 Å². The van der Waals surface area contributed by atoms with E-state index in [1.165, 1.54) is 36.5 Å². The number of benzene rings is 2. The Morgan fingerprint density at radius 3 is 2.61 bits per heavy atom. The van der Waals surface area contributed by atoms with Gasteiger partial charge in [-0.25, -0.2) is 8.78 Å². The zero-order valence-electron chi connectivity index (χ0n) is 11.5. The number of H-pyrrole nitrogens is 1. The van der Waals surface area contributed by atoms with E-state index in [0.717, 1.165) is 6.07 Å². The molecule has 0 unspecified atom stereocenters. The molecule has 4 nitrogen and oxygen atoms in total. The molecule has 0 aliphatic rings. The van der Waals surface area contributed by atoms with Crippen LogP contribution in [0.3, 0.4) is 0 Å². The molecule has 0 bridgehead atoms. The van der Waals surface area contributed by atoms with Crippen molar-refractivity contribution in [2.75, 3.05) is 5.32 Å². The Morgan fingerprint density at radius 2 is 1.87 bits per heavy atom. The van der Waals surface area contributed by atoms with Crippen molar-refractivity contribution in [3.05, 3.63) is 64.8 Å². The van der Waals surface area contributed by atoms with Crippen LogP contribution in [0.1, 0.15) is 10.4 Å². The molecule has 0 radical (unpaired) electrons. The van der Waals surface area contributed by atoms with Crippen LogP contribution in [0.2, 0.25) is 5.02 Å². The number of hydrogen-bond acceptors (Lipinski definition) is 2. The normalized spacial score (nSPS) is 10.7. The fourth-order valence-electron chi connectivity index (χ4n) is 2.17. The number of aromatic nitrogens is 1. The van der Waals surface area contributed by atoms with Crippen LogP contribution in [0.5, 0.6) is 0 Å². The second-order valence-electron chi connectivity index (χ2n) is 4.80. The number of aromatic amines is 1. The number of rotatable bonds is 3. The molecule has 2 N–H and O–H groups in total. The lowest BCUT2D eigenvalue weighted by molar-refractivity contribution is -0.112. The molecule has 0 saturated heterocycles. The lowest BCUT2D eigenvalue weighted by Crippen LogP contribution is -2.22. The van der Waals surface area contributed by atoms with Gasteiger partial charge in [-0.05, 0) is 36.4 Å². The maximum Gasteiger partial charge on any atom is 0.296 e. The van der Waals surface area contributed by atoms with E-state index >= 15 is 0 Å². The van der Waals surface area contributed by atoms with Crippen molar-refractivity contribution in [3.8, 4) is 0 Å². The summed E-state index contributed by atoms with van der Waals surface area (Å²) in [6.07, 6.45) is 1.34. The van der Waals surface area contributed by atoms with Gasteiger partial charge in [0.05, 0.1) is 10.6 Å². The number of hydrogen-bond donors (Lipinski definition) is 2. The van der Waals surface area contributed by atoms with Crippen LogP contribution in [-0.4, -0.2) is 16.7 Å². The van der Waals surface area contributed by atoms with Gasteiger partial charge in [-0.15, -0.1) is 0 Å². The van der Waals surface area contributed by atoms with E-state index in [4.69, 9.17) is 11.6 Å². The van der Waals surface area contributed by atoms with Crippen molar-refractivity contribution >= 4 is 39.9 Å². The van der Waals surface area contributed by atoms with Crippen molar-refractivity contribution in [3.63, 3.8) is 0 Å². The Labute approximate surface area is 134 Å². The van der Waals surface area contributed by atoms with Crippen LogP contribution in [0.25, 0.3) is 10.9 Å². The van der Waals surface area contributed by atoms with Crippen molar-refractivity contribution in [2.24, 2.45) is 0 Å². The molecular weight excluding hydrogens is 326 g/mol. The third-order valence-corrected chi connectivity index (χ3v) is 3.56. The first kappa shape index (κ1) is 15.2. The fraction of sp³-hybridized carbons (Fsp3) is 0. The summed E-state index contributed by atoms with van der Waals surface area (Å²) in [6.45, 7) is 0. The summed E-state index contributed by atoms with van der Waals surface area (Å²) in [7, 11) is 0. The second kappa shape index (κ2) is 5.81. The van der Waals surface area contributed by atoms with Crippen molar-refractivity contribution in [1.82, 2.24) is 4.98 Å². The molecule has 0 aliphatic heterocycles. The summed E-state index contributed by atoms with van der Waals surface area (Å²) in [5.74, 6) is -2.79. The van der Waals surface area contributed by atoms with Gasteiger partial charge in [0.2, 0.25) is 0 Å². The van der Waals surface area contributed by atoms with E-state index in [1.54, 1.807) is 0 Å². The number of carbonyl (C=O) groups is 2. The van der Waals surface area contributed by atoms with Crippen molar-refractivity contribution in [2.45, 2.75) is 0 Å². The lowest BCUT2D eigenvalue weighted by Gasteiger charge is -2.05. The Balaban J connectivity index is 1.86. The molecule has 23 heavy (non-hydrogen) atoms. The van der Waals surface area contributed by atoms with Gasteiger partial charge >= 0.3 is 0 Å². The van der Waals surface area contributed by atoms with Gasteiger partial charge < -0.3 is 10.3 Å². The number of carbonyl (C=O) groups excluding carboxylic acids is 2. The molecule has 0 atom stereocenters. The third-order valence-electron chi connectivity index (χ3n) is 3.27. The maximum absolute atomic E-state index is 13.1. The number of anilines is 1. The molecule has 116 valence electrons. The summed E-state index contributed by atoms with van der Waals surface area (Å²) in [5.41, 5.74) is 0.720. The van der Waals surface area contributed by atoms with Gasteiger partial charge in [0.25, 0.3) is 11.7 Å². The van der Waals surface area contributed by atoms with E-state index in [0.29, 0.717) is 10.9 Å². The molecule has 0 spiro atoms. The molecule has 7 heteroatoms. The fourth-order valence-corrected chi connectivity index (χ4v) is 2.35. The highest BCUT2D eigenvalue weighted by Gasteiger charge is 2.20. The maximum atomic E-state index is 13.1. The van der Waals surface area contributed by atoms with Crippen LogP contribution in [0.4, 0.5) is 14.5 Å². The molecule has 3 rings (SSSR count). The Bertz CT molecular complexity index is 937. The van der Waals surface area contributed by atoms with E-state index in [-0.39, 0.29) is 16.3 Å². The van der Waals surface area contributed by atoms with Gasteiger partial charge in [-0.1, -0.05) is 11.6 Å². The van der Waals surface area contributed by atoms with E-state index in [9.17, 15) is 18.4 Å². The van der Waals surface area contributed by atoms with Crippen molar-refractivity contribution < 1.29 is 18.4 Å². The monoisotopic (exact) mass is 334 g/mol. The molecular formula is C16H9ClF2N2O2. The minimum atomic E-state index is -0.905. The highest BCUT2D eigenvalue weighted by atomic mass is 35.5. The van der Waals surface area contributed by atoms with Crippen LogP contribution < -0.4 is 5.32 Å². The number of Topliss-reactive ketones (excluding diaryl/α,β-unsaturated/α-hetero) is 1. The average molecular weight is 335 g/mol. The highest BCUT2D eigenvalue weighted by molar-refractivity contribution is 6.48. The first-order valence-electron chi connectivity index (χ1n) is 6.53. The highest BCUT2D eigenvalue weighted by Crippen LogP contribution is 2.22. The molecule has 0 fully saturated rings. The summed E-state index contributed by atoms with van der Waals surface area (Å²) in [4.78, 5) is 27.0. The van der Waals surface area contributed by atoms with E-state index < -0.39 is 23.3 Å². The van der Waals surface area contributed by atoms with Crippen molar-refractivity contribution in [1.29, 1.82) is 0 Å².